The summed E-state index contributed by atoms with van der Waals surface area (Å²) in [4.78, 5) is 4.21. The molecule has 0 atom stereocenters. The van der Waals surface area contributed by atoms with Crippen LogP contribution >= 0.6 is 11.6 Å². The zero-order valence-electron chi connectivity index (χ0n) is 10.9. The molecule has 0 saturated heterocycles. The molecule has 0 unspecified atom stereocenters. The van der Waals surface area contributed by atoms with Crippen molar-refractivity contribution in [1.82, 2.24) is 4.98 Å². The van der Waals surface area contributed by atoms with Gasteiger partial charge in [0.15, 0.2) is 0 Å². The fourth-order valence-corrected chi connectivity index (χ4v) is 2.07. The van der Waals surface area contributed by atoms with Gasteiger partial charge in [-0.15, -0.1) is 0 Å². The van der Waals surface area contributed by atoms with Crippen LogP contribution in [0.5, 0.6) is 0 Å². The van der Waals surface area contributed by atoms with Crippen LogP contribution in [0, 0.1) is 20.8 Å². The summed E-state index contributed by atoms with van der Waals surface area (Å²) in [5, 5.41) is 3.80. The summed E-state index contributed by atoms with van der Waals surface area (Å²) < 4.78 is 0. The molecule has 0 saturated carbocycles. The number of rotatable bonds is 3. The molecule has 94 valence electrons. The lowest BCUT2D eigenvalue weighted by Gasteiger charge is -2.11. The lowest BCUT2D eigenvalue weighted by molar-refractivity contribution is 1.08. The first-order chi connectivity index (χ1) is 8.56. The summed E-state index contributed by atoms with van der Waals surface area (Å²) >= 11 is 5.85. The van der Waals surface area contributed by atoms with Gasteiger partial charge in [0.2, 0.25) is 0 Å². The van der Waals surface area contributed by atoms with Gasteiger partial charge in [0.05, 0.1) is 0 Å². The van der Waals surface area contributed by atoms with Gasteiger partial charge in [-0.25, -0.2) is 4.98 Å². The second kappa shape index (κ2) is 5.40. The fourth-order valence-electron chi connectivity index (χ4n) is 1.90. The molecule has 1 aromatic heterocycles. The van der Waals surface area contributed by atoms with Crippen LogP contribution < -0.4 is 5.32 Å². The van der Waals surface area contributed by atoms with Crippen LogP contribution in [0.3, 0.4) is 0 Å². The third-order valence-corrected chi connectivity index (χ3v) is 3.34. The van der Waals surface area contributed by atoms with E-state index in [0.29, 0.717) is 5.15 Å². The Morgan fingerprint density at radius 3 is 2.50 bits per heavy atom. The average molecular weight is 261 g/mol. The highest BCUT2D eigenvalue weighted by atomic mass is 35.5. The highest BCUT2D eigenvalue weighted by Gasteiger charge is 2.02. The first-order valence-electron chi connectivity index (χ1n) is 5.99. The van der Waals surface area contributed by atoms with E-state index < -0.39 is 0 Å². The molecule has 0 aliphatic heterocycles. The Bertz CT molecular complexity index is 564. The highest BCUT2D eigenvalue weighted by molar-refractivity contribution is 6.29. The van der Waals surface area contributed by atoms with Gasteiger partial charge in [0.25, 0.3) is 0 Å². The largest absolute Gasteiger partial charge is 0.366 e. The molecule has 18 heavy (non-hydrogen) atoms. The van der Waals surface area contributed by atoms with Crippen molar-refractivity contribution in [3.05, 3.63) is 57.7 Å². The van der Waals surface area contributed by atoms with Crippen LogP contribution in [-0.4, -0.2) is 4.98 Å². The maximum atomic E-state index is 5.85. The smallest absolute Gasteiger partial charge is 0.131 e. The lowest BCUT2D eigenvalue weighted by Crippen LogP contribution is -2.03. The second-order valence-electron chi connectivity index (χ2n) is 4.56. The van der Waals surface area contributed by atoms with Crippen LogP contribution in [-0.2, 0) is 6.54 Å². The summed E-state index contributed by atoms with van der Waals surface area (Å²) in [6.45, 7) is 7.17. The molecule has 0 fully saturated rings. The molecular formula is C15H17ClN2. The van der Waals surface area contributed by atoms with Crippen molar-refractivity contribution in [3.63, 3.8) is 0 Å². The zero-order chi connectivity index (χ0) is 13.1. The molecule has 1 aromatic carbocycles. The van der Waals surface area contributed by atoms with E-state index in [1.54, 1.807) is 6.07 Å². The summed E-state index contributed by atoms with van der Waals surface area (Å²) in [6.07, 6.45) is 0. The molecule has 0 aliphatic carbocycles. The number of aromatic nitrogens is 1. The highest BCUT2D eigenvalue weighted by Crippen LogP contribution is 2.17. The monoisotopic (exact) mass is 260 g/mol. The Kier molecular flexibility index (Phi) is 3.87. The predicted octanol–water partition coefficient (Wildman–Crippen LogP) is 4.27. The van der Waals surface area contributed by atoms with Crippen molar-refractivity contribution in [2.24, 2.45) is 0 Å². The van der Waals surface area contributed by atoms with Crippen LogP contribution in [0.4, 0.5) is 5.82 Å². The maximum Gasteiger partial charge on any atom is 0.131 e. The van der Waals surface area contributed by atoms with E-state index in [4.69, 9.17) is 11.6 Å². The van der Waals surface area contributed by atoms with Gasteiger partial charge in [0, 0.05) is 6.54 Å². The van der Waals surface area contributed by atoms with Crippen molar-refractivity contribution in [3.8, 4) is 0 Å². The summed E-state index contributed by atoms with van der Waals surface area (Å²) in [5.41, 5.74) is 5.24. The number of nitrogens with one attached hydrogen (secondary N) is 1. The van der Waals surface area contributed by atoms with Crippen molar-refractivity contribution in [1.29, 1.82) is 0 Å². The Hall–Kier alpha value is -1.54. The van der Waals surface area contributed by atoms with E-state index >= 15 is 0 Å². The van der Waals surface area contributed by atoms with Gasteiger partial charge >= 0.3 is 0 Å². The molecule has 2 nitrogen and oxygen atoms in total. The van der Waals surface area contributed by atoms with Crippen molar-refractivity contribution >= 4 is 17.4 Å². The minimum Gasteiger partial charge on any atom is -0.366 e. The molecule has 0 amide bonds. The lowest BCUT2D eigenvalue weighted by atomic mass is 10.0. The quantitative estimate of drug-likeness (QED) is 0.834. The first-order valence-corrected chi connectivity index (χ1v) is 6.37. The third kappa shape index (κ3) is 3.02. The van der Waals surface area contributed by atoms with Gasteiger partial charge in [-0.05, 0) is 55.2 Å². The molecule has 0 bridgehead atoms. The fraction of sp³-hybridized carbons (Fsp3) is 0.267. The molecule has 2 aromatic rings. The number of pyridine rings is 1. The van der Waals surface area contributed by atoms with E-state index in [2.05, 4.69) is 43.2 Å². The minimum atomic E-state index is 0.511. The maximum absolute atomic E-state index is 5.85. The average Bonchev–Trinajstić information content (AvgIpc) is 2.32. The standard InChI is InChI=1S/C15H17ClN2/c1-10-7-12(3)13(8-11(10)2)9-17-15-6-4-5-14(16)18-15/h4-8H,9H2,1-3H3,(H,17,18). The van der Waals surface area contributed by atoms with Crippen LogP contribution in [0.1, 0.15) is 22.3 Å². The Labute approximate surface area is 113 Å². The zero-order valence-corrected chi connectivity index (χ0v) is 11.7. The second-order valence-corrected chi connectivity index (χ2v) is 4.95. The number of halogens is 1. The number of aryl methyl sites for hydroxylation is 3. The summed E-state index contributed by atoms with van der Waals surface area (Å²) in [6, 6.07) is 10.0. The number of benzene rings is 1. The van der Waals surface area contributed by atoms with Crippen molar-refractivity contribution in [2.45, 2.75) is 27.3 Å². The number of anilines is 1. The van der Waals surface area contributed by atoms with E-state index in [-0.39, 0.29) is 0 Å². The van der Waals surface area contributed by atoms with Gasteiger partial charge in [-0.1, -0.05) is 29.8 Å². The molecule has 1 heterocycles. The topological polar surface area (TPSA) is 24.9 Å². The number of hydrogen-bond donors (Lipinski definition) is 1. The Morgan fingerprint density at radius 2 is 1.78 bits per heavy atom. The number of nitrogens with zero attached hydrogens (tertiary/aromatic N) is 1. The van der Waals surface area contributed by atoms with Crippen molar-refractivity contribution < 1.29 is 0 Å². The summed E-state index contributed by atoms with van der Waals surface area (Å²) in [5.74, 6) is 0.806. The molecule has 0 aliphatic rings. The third-order valence-electron chi connectivity index (χ3n) is 3.13. The van der Waals surface area contributed by atoms with Crippen LogP contribution in [0.15, 0.2) is 30.3 Å². The van der Waals surface area contributed by atoms with E-state index in [1.807, 2.05) is 12.1 Å². The predicted molar refractivity (Wildman–Crippen MR) is 77.2 cm³/mol. The van der Waals surface area contributed by atoms with Gasteiger partial charge in [-0.3, -0.25) is 0 Å². The van der Waals surface area contributed by atoms with E-state index in [1.165, 1.54) is 22.3 Å². The molecule has 0 spiro atoms. The van der Waals surface area contributed by atoms with Crippen molar-refractivity contribution in [2.75, 3.05) is 5.32 Å². The Balaban J connectivity index is 2.13. The van der Waals surface area contributed by atoms with Gasteiger partial charge in [0.1, 0.15) is 11.0 Å². The van der Waals surface area contributed by atoms with Crippen LogP contribution in [0.25, 0.3) is 0 Å². The van der Waals surface area contributed by atoms with Gasteiger partial charge in [-0.2, -0.15) is 0 Å². The Morgan fingerprint density at radius 1 is 1.06 bits per heavy atom. The molecular weight excluding hydrogens is 244 g/mol. The normalized spacial score (nSPS) is 10.4. The summed E-state index contributed by atoms with van der Waals surface area (Å²) in [7, 11) is 0. The first kappa shape index (κ1) is 12.9. The number of hydrogen-bond acceptors (Lipinski definition) is 2. The molecule has 0 radical (unpaired) electrons. The minimum absolute atomic E-state index is 0.511. The van der Waals surface area contributed by atoms with Crippen LogP contribution in [0.2, 0.25) is 5.15 Å². The SMILES string of the molecule is Cc1cc(C)c(CNc2cccc(Cl)n2)cc1C. The van der Waals surface area contributed by atoms with E-state index in [9.17, 15) is 0 Å². The molecule has 1 N–H and O–H groups in total. The molecule has 3 heteroatoms. The van der Waals surface area contributed by atoms with E-state index in [0.717, 1.165) is 12.4 Å². The molecule has 2 rings (SSSR count). The van der Waals surface area contributed by atoms with Gasteiger partial charge < -0.3 is 5.32 Å².